The van der Waals surface area contributed by atoms with E-state index in [0.717, 1.165) is 31.3 Å². The van der Waals surface area contributed by atoms with Gasteiger partial charge >= 0.3 is 0 Å². The molecule has 23 heavy (non-hydrogen) atoms. The molecular formula is C18H19BrN2S2. The first-order valence-corrected chi connectivity index (χ1v) is 10.4. The highest BCUT2D eigenvalue weighted by Gasteiger charge is 2.20. The number of halogens is 1. The van der Waals surface area contributed by atoms with Crippen molar-refractivity contribution in [1.29, 1.82) is 10.5 Å². The van der Waals surface area contributed by atoms with Crippen molar-refractivity contribution in [2.24, 2.45) is 0 Å². The van der Waals surface area contributed by atoms with Gasteiger partial charge in [-0.25, -0.2) is 0 Å². The first-order valence-electron chi connectivity index (χ1n) is 7.92. The molecule has 0 amide bonds. The zero-order chi connectivity index (χ0) is 16.7. The second-order valence-corrected chi connectivity index (χ2v) is 9.02. The first-order chi connectivity index (χ1) is 11.2. The van der Waals surface area contributed by atoms with Gasteiger partial charge in [-0.15, -0.1) is 22.7 Å². The predicted octanol–water partition coefficient (Wildman–Crippen LogP) is 6.89. The molecule has 5 heteroatoms. The third kappa shape index (κ3) is 4.67. The number of nitrogens with zero attached hydrogens (tertiary/aromatic N) is 2. The Kier molecular flexibility index (Phi) is 7.30. The lowest BCUT2D eigenvalue weighted by molar-refractivity contribution is 0.609. The van der Waals surface area contributed by atoms with E-state index in [0.29, 0.717) is 11.1 Å². The second-order valence-electron chi connectivity index (χ2n) is 5.45. The van der Waals surface area contributed by atoms with E-state index >= 15 is 0 Å². The minimum atomic E-state index is 0.549. The van der Waals surface area contributed by atoms with Crippen LogP contribution in [-0.4, -0.2) is 0 Å². The van der Waals surface area contributed by atoms with Crippen LogP contribution >= 0.6 is 38.6 Å². The third-order valence-corrected chi connectivity index (χ3v) is 6.81. The summed E-state index contributed by atoms with van der Waals surface area (Å²) in [4.78, 5) is 3.07. The lowest BCUT2D eigenvalue weighted by Crippen LogP contribution is -1.87. The Morgan fingerprint density at radius 3 is 2.26 bits per heavy atom. The highest BCUT2D eigenvalue weighted by atomic mass is 79.9. The van der Waals surface area contributed by atoms with Gasteiger partial charge in [-0.3, -0.25) is 0 Å². The summed E-state index contributed by atoms with van der Waals surface area (Å²) in [7, 11) is 0. The fourth-order valence-electron chi connectivity index (χ4n) is 2.55. The van der Waals surface area contributed by atoms with Crippen molar-refractivity contribution in [3.63, 3.8) is 0 Å². The van der Waals surface area contributed by atoms with Gasteiger partial charge in [0.2, 0.25) is 0 Å². The summed E-state index contributed by atoms with van der Waals surface area (Å²) in [6.07, 6.45) is 8.32. The number of aryl methyl sites for hydroxylation is 1. The molecule has 120 valence electrons. The van der Waals surface area contributed by atoms with Crippen molar-refractivity contribution in [2.45, 2.75) is 51.9 Å². The summed E-state index contributed by atoms with van der Waals surface area (Å²) in [5, 5.41) is 18.9. The van der Waals surface area contributed by atoms with E-state index in [2.05, 4.69) is 35.0 Å². The molecule has 2 heterocycles. The summed E-state index contributed by atoms with van der Waals surface area (Å²) < 4.78 is 1.04. The van der Waals surface area contributed by atoms with Gasteiger partial charge in [-0.1, -0.05) is 39.0 Å². The molecule has 0 fully saturated rings. The van der Waals surface area contributed by atoms with Gasteiger partial charge in [-0.2, -0.15) is 10.5 Å². The summed E-state index contributed by atoms with van der Waals surface area (Å²) in [6, 6.07) is 8.49. The van der Waals surface area contributed by atoms with Crippen molar-refractivity contribution in [2.75, 3.05) is 0 Å². The van der Waals surface area contributed by atoms with E-state index in [1.807, 2.05) is 12.1 Å². The average Bonchev–Trinajstić information content (AvgIpc) is 3.13. The van der Waals surface area contributed by atoms with Gasteiger partial charge < -0.3 is 0 Å². The number of thiophene rings is 2. The van der Waals surface area contributed by atoms with Crippen LogP contribution in [0.5, 0.6) is 0 Å². The Balaban J connectivity index is 2.13. The summed E-state index contributed by atoms with van der Waals surface area (Å²) in [5.41, 5.74) is 1.14. The van der Waals surface area contributed by atoms with Crippen LogP contribution in [0.15, 0.2) is 15.9 Å². The molecule has 0 radical (unpaired) electrons. The van der Waals surface area contributed by atoms with Crippen LogP contribution in [0.25, 0.3) is 9.75 Å². The fraction of sp³-hybridized carbons (Fsp3) is 0.444. The number of hydrogen-bond acceptors (Lipinski definition) is 4. The van der Waals surface area contributed by atoms with E-state index in [9.17, 15) is 10.5 Å². The Morgan fingerprint density at radius 2 is 1.65 bits per heavy atom. The van der Waals surface area contributed by atoms with E-state index in [-0.39, 0.29) is 0 Å². The molecule has 0 bridgehead atoms. The molecule has 0 atom stereocenters. The minimum absolute atomic E-state index is 0.549. The van der Waals surface area contributed by atoms with Gasteiger partial charge in [0, 0.05) is 9.75 Å². The average molecular weight is 407 g/mol. The summed E-state index contributed by atoms with van der Waals surface area (Å²) >= 11 is 6.69. The highest BCUT2D eigenvalue weighted by Crippen LogP contribution is 2.41. The van der Waals surface area contributed by atoms with E-state index in [1.165, 1.54) is 32.1 Å². The van der Waals surface area contributed by atoms with Crippen LogP contribution in [-0.2, 0) is 6.42 Å². The number of rotatable bonds is 8. The van der Waals surface area contributed by atoms with E-state index < -0.39 is 0 Å². The smallest absolute Gasteiger partial charge is 0.102 e. The van der Waals surface area contributed by atoms with Gasteiger partial charge in [-0.05, 0) is 40.9 Å². The van der Waals surface area contributed by atoms with Crippen LogP contribution in [0, 0.1) is 22.7 Å². The Hall–Kier alpha value is -1.14. The molecule has 0 aliphatic heterocycles. The molecule has 0 saturated heterocycles. The largest absolute Gasteiger partial charge is 0.192 e. The molecule has 0 aromatic carbocycles. The third-order valence-electron chi connectivity index (χ3n) is 3.76. The van der Waals surface area contributed by atoms with Crippen molar-refractivity contribution in [1.82, 2.24) is 0 Å². The normalized spacial score (nSPS) is 10.4. The molecule has 0 saturated carbocycles. The maximum absolute atomic E-state index is 9.48. The van der Waals surface area contributed by atoms with Gasteiger partial charge in [0.1, 0.15) is 12.1 Å². The van der Waals surface area contributed by atoms with Gasteiger partial charge in [0.05, 0.1) is 19.8 Å². The van der Waals surface area contributed by atoms with Crippen molar-refractivity contribution in [3.8, 4) is 21.9 Å². The number of unbranched alkanes of at least 4 members (excludes halogenated alkanes) is 5. The van der Waals surface area contributed by atoms with Gasteiger partial charge in [0.25, 0.3) is 0 Å². The molecule has 2 aromatic heterocycles. The van der Waals surface area contributed by atoms with E-state index in [1.54, 1.807) is 22.7 Å². The highest BCUT2D eigenvalue weighted by molar-refractivity contribution is 9.11. The zero-order valence-electron chi connectivity index (χ0n) is 13.2. The molecule has 0 N–H and O–H groups in total. The molecule has 0 unspecified atom stereocenters. The van der Waals surface area contributed by atoms with Crippen LogP contribution in [0.4, 0.5) is 0 Å². The van der Waals surface area contributed by atoms with Crippen molar-refractivity contribution in [3.05, 3.63) is 31.9 Å². The van der Waals surface area contributed by atoms with E-state index in [4.69, 9.17) is 0 Å². The molecule has 2 nitrogen and oxygen atoms in total. The monoisotopic (exact) mass is 406 g/mol. The standard InChI is InChI=1S/C18H19BrN2S2/c1-2-3-4-5-6-7-8-15-13(11-20)14(12-21)18(23-15)16-9-10-17(19)22-16/h9-10H,2-8H2,1H3. The van der Waals surface area contributed by atoms with Gasteiger partial charge in [0.15, 0.2) is 0 Å². The molecule has 0 aliphatic carbocycles. The van der Waals surface area contributed by atoms with Crippen LogP contribution in [0.3, 0.4) is 0 Å². The molecule has 2 aromatic rings. The molecule has 2 rings (SSSR count). The maximum Gasteiger partial charge on any atom is 0.102 e. The van der Waals surface area contributed by atoms with Crippen molar-refractivity contribution < 1.29 is 0 Å². The van der Waals surface area contributed by atoms with Crippen LogP contribution in [0.2, 0.25) is 0 Å². The Morgan fingerprint density at radius 1 is 0.957 bits per heavy atom. The lowest BCUT2D eigenvalue weighted by Gasteiger charge is -2.00. The maximum atomic E-state index is 9.48. The number of nitriles is 2. The van der Waals surface area contributed by atoms with Crippen LogP contribution in [0.1, 0.15) is 61.5 Å². The number of hydrogen-bond donors (Lipinski definition) is 0. The quantitative estimate of drug-likeness (QED) is 0.448. The lowest BCUT2D eigenvalue weighted by atomic mass is 10.0. The second kappa shape index (κ2) is 9.23. The SMILES string of the molecule is CCCCCCCCc1sc(-c2ccc(Br)s2)c(C#N)c1C#N. The summed E-state index contributed by atoms with van der Waals surface area (Å²) in [6.45, 7) is 2.22. The summed E-state index contributed by atoms with van der Waals surface area (Å²) in [5.74, 6) is 0. The fourth-order valence-corrected chi connectivity index (χ4v) is 5.30. The Labute approximate surface area is 154 Å². The predicted molar refractivity (Wildman–Crippen MR) is 102 cm³/mol. The van der Waals surface area contributed by atoms with Crippen LogP contribution < -0.4 is 0 Å². The molecule has 0 aliphatic rings. The Bertz CT molecular complexity index is 731. The minimum Gasteiger partial charge on any atom is -0.192 e. The first kappa shape index (κ1) is 18.2. The zero-order valence-corrected chi connectivity index (χ0v) is 16.4. The molecule has 0 spiro atoms. The topological polar surface area (TPSA) is 47.6 Å². The molecular weight excluding hydrogens is 388 g/mol. The van der Waals surface area contributed by atoms with Crippen molar-refractivity contribution >= 4 is 38.6 Å².